The fourth-order valence-electron chi connectivity index (χ4n) is 3.64. The van der Waals surface area contributed by atoms with Crippen molar-refractivity contribution in [3.63, 3.8) is 0 Å². The minimum absolute atomic E-state index is 0.244. The molecule has 0 bridgehead atoms. The van der Waals surface area contributed by atoms with Crippen LogP contribution in [0.4, 0.5) is 19.0 Å². The van der Waals surface area contributed by atoms with Crippen LogP contribution in [0, 0.1) is 17.4 Å². The molecule has 3 aromatic rings. The number of imidazole rings is 1. The van der Waals surface area contributed by atoms with Crippen LogP contribution < -0.4 is 4.90 Å². The fourth-order valence-corrected chi connectivity index (χ4v) is 4.26. The summed E-state index contributed by atoms with van der Waals surface area (Å²) in [6, 6.07) is 6.31. The topological polar surface area (TPSA) is 42.7 Å². The third-order valence-corrected chi connectivity index (χ3v) is 6.06. The van der Waals surface area contributed by atoms with E-state index in [2.05, 4.69) is 32.5 Å². The molecule has 154 valence electrons. The van der Waals surface area contributed by atoms with Crippen molar-refractivity contribution < 1.29 is 17.9 Å². The Balaban J connectivity index is 1.78. The number of rotatable bonds is 3. The van der Waals surface area contributed by atoms with Gasteiger partial charge in [0.2, 0.25) is 0 Å². The van der Waals surface area contributed by atoms with Crippen LogP contribution in [0.25, 0.3) is 5.65 Å². The van der Waals surface area contributed by atoms with Gasteiger partial charge < -0.3 is 9.64 Å². The molecule has 1 aliphatic heterocycles. The summed E-state index contributed by atoms with van der Waals surface area (Å²) in [5, 5.41) is 4.78. The number of halogens is 4. The number of alkyl halides is 3. The van der Waals surface area contributed by atoms with Gasteiger partial charge in [0, 0.05) is 19.5 Å². The zero-order valence-corrected chi connectivity index (χ0v) is 18.2. The fraction of sp³-hybridized carbons (Fsp3) is 0.400. The summed E-state index contributed by atoms with van der Waals surface area (Å²) in [6.07, 6.45) is -4.04. The van der Waals surface area contributed by atoms with E-state index in [4.69, 9.17) is 9.84 Å². The number of hydrogen-bond donors (Lipinski definition) is 0. The molecule has 0 atom stereocenters. The molecule has 4 rings (SSSR count). The molecule has 9 heteroatoms. The van der Waals surface area contributed by atoms with E-state index >= 15 is 0 Å². The SMILES string of the molecule is Cc1nc2c(I)cc(N3CCOCC3)nn2c1Cc1cccc(C(F)(F)F)c1C. The quantitative estimate of drug-likeness (QED) is 0.485. The number of morpholine rings is 1. The van der Waals surface area contributed by atoms with Gasteiger partial charge in [-0.15, -0.1) is 5.10 Å². The van der Waals surface area contributed by atoms with Crippen molar-refractivity contribution in [3.05, 3.63) is 55.9 Å². The molecule has 3 heterocycles. The Kier molecular flexibility index (Phi) is 5.45. The molecule has 0 aliphatic carbocycles. The Labute approximate surface area is 180 Å². The van der Waals surface area contributed by atoms with Gasteiger partial charge in [-0.3, -0.25) is 0 Å². The van der Waals surface area contributed by atoms with Gasteiger partial charge in [-0.25, -0.2) is 9.50 Å². The average molecular weight is 516 g/mol. The maximum absolute atomic E-state index is 13.3. The highest BCUT2D eigenvalue weighted by Gasteiger charge is 2.33. The highest BCUT2D eigenvalue weighted by Crippen LogP contribution is 2.34. The van der Waals surface area contributed by atoms with Gasteiger partial charge in [-0.2, -0.15) is 13.2 Å². The number of benzene rings is 1. The van der Waals surface area contributed by atoms with E-state index < -0.39 is 11.7 Å². The first-order valence-corrected chi connectivity index (χ1v) is 10.4. The molecule has 1 fully saturated rings. The predicted octanol–water partition coefficient (Wildman–Crippen LogP) is 4.40. The van der Waals surface area contributed by atoms with Gasteiger partial charge in [0.25, 0.3) is 0 Å². The smallest absolute Gasteiger partial charge is 0.378 e. The summed E-state index contributed by atoms with van der Waals surface area (Å²) in [5.41, 5.74) is 2.56. The zero-order valence-electron chi connectivity index (χ0n) is 16.1. The summed E-state index contributed by atoms with van der Waals surface area (Å²) in [4.78, 5) is 6.78. The van der Waals surface area contributed by atoms with E-state index in [1.54, 1.807) is 10.6 Å². The van der Waals surface area contributed by atoms with E-state index in [1.165, 1.54) is 13.0 Å². The highest BCUT2D eigenvalue weighted by atomic mass is 127. The Bertz CT molecular complexity index is 1060. The number of fused-ring (bicyclic) bond motifs is 1. The van der Waals surface area contributed by atoms with Gasteiger partial charge in [-0.05, 0) is 59.7 Å². The van der Waals surface area contributed by atoms with E-state index in [1.807, 2.05) is 13.0 Å². The highest BCUT2D eigenvalue weighted by molar-refractivity contribution is 14.1. The normalized spacial score (nSPS) is 15.3. The molecule has 0 spiro atoms. The first kappa shape index (κ1) is 20.4. The van der Waals surface area contributed by atoms with Gasteiger partial charge >= 0.3 is 6.18 Å². The van der Waals surface area contributed by atoms with Crippen LogP contribution in [-0.4, -0.2) is 40.9 Å². The maximum Gasteiger partial charge on any atom is 0.416 e. The van der Waals surface area contributed by atoms with Crippen LogP contribution in [0.15, 0.2) is 24.3 Å². The molecule has 0 unspecified atom stereocenters. The monoisotopic (exact) mass is 516 g/mol. The number of aromatic nitrogens is 3. The zero-order chi connectivity index (χ0) is 20.8. The third kappa shape index (κ3) is 3.94. The number of aryl methyl sites for hydroxylation is 1. The first-order chi connectivity index (χ1) is 13.8. The summed E-state index contributed by atoms with van der Waals surface area (Å²) < 4.78 is 48.1. The van der Waals surface area contributed by atoms with Crippen molar-refractivity contribution in [2.24, 2.45) is 0 Å². The molecule has 1 saturated heterocycles. The molecule has 1 aliphatic rings. The van der Waals surface area contributed by atoms with Crippen molar-refractivity contribution in [1.82, 2.24) is 14.6 Å². The van der Waals surface area contributed by atoms with Crippen LogP contribution in [0.5, 0.6) is 0 Å². The lowest BCUT2D eigenvalue weighted by Gasteiger charge is -2.27. The summed E-state index contributed by atoms with van der Waals surface area (Å²) in [5.74, 6) is 0.824. The van der Waals surface area contributed by atoms with Crippen LogP contribution in [0.2, 0.25) is 0 Å². The standard InChI is InChI=1S/C20H20F3IN4O/c1-12-14(4-3-5-15(12)20(21,22)23)10-17-13(2)25-19-16(24)11-18(26-28(17)19)27-6-8-29-9-7-27/h3-5,11H,6-10H2,1-2H3. The molecular formula is C20H20F3IN4O. The van der Waals surface area contributed by atoms with Crippen molar-refractivity contribution in [2.75, 3.05) is 31.2 Å². The molecular weight excluding hydrogens is 496 g/mol. The van der Waals surface area contributed by atoms with Crippen molar-refractivity contribution in [2.45, 2.75) is 26.4 Å². The van der Waals surface area contributed by atoms with Gasteiger partial charge in [0.15, 0.2) is 11.5 Å². The summed E-state index contributed by atoms with van der Waals surface area (Å²) in [6.45, 7) is 6.20. The Hall–Kier alpha value is -1.88. The molecule has 1 aromatic carbocycles. The lowest BCUT2D eigenvalue weighted by Crippen LogP contribution is -2.37. The second kappa shape index (κ2) is 7.75. The van der Waals surface area contributed by atoms with E-state index in [-0.39, 0.29) is 5.56 Å². The molecule has 0 saturated carbocycles. The van der Waals surface area contributed by atoms with Gasteiger partial charge in [0.05, 0.1) is 33.7 Å². The van der Waals surface area contributed by atoms with Crippen molar-refractivity contribution in [3.8, 4) is 0 Å². The average Bonchev–Trinajstić information content (AvgIpc) is 2.99. The lowest BCUT2D eigenvalue weighted by molar-refractivity contribution is -0.138. The van der Waals surface area contributed by atoms with Gasteiger partial charge in [0.1, 0.15) is 0 Å². The predicted molar refractivity (Wildman–Crippen MR) is 112 cm³/mol. The molecule has 0 amide bonds. The molecule has 29 heavy (non-hydrogen) atoms. The Morgan fingerprint density at radius 1 is 1.17 bits per heavy atom. The van der Waals surface area contributed by atoms with E-state index in [0.717, 1.165) is 45.6 Å². The van der Waals surface area contributed by atoms with Crippen LogP contribution in [0.3, 0.4) is 0 Å². The summed E-state index contributed by atoms with van der Waals surface area (Å²) in [7, 11) is 0. The molecule has 5 nitrogen and oxygen atoms in total. The second-order valence-electron chi connectivity index (χ2n) is 7.09. The third-order valence-electron chi connectivity index (χ3n) is 5.26. The van der Waals surface area contributed by atoms with Crippen LogP contribution >= 0.6 is 22.6 Å². The second-order valence-corrected chi connectivity index (χ2v) is 8.26. The van der Waals surface area contributed by atoms with E-state index in [0.29, 0.717) is 25.2 Å². The number of anilines is 1. The maximum atomic E-state index is 13.3. The lowest BCUT2D eigenvalue weighted by atomic mass is 9.98. The molecule has 2 aromatic heterocycles. The Morgan fingerprint density at radius 3 is 2.59 bits per heavy atom. The van der Waals surface area contributed by atoms with Crippen LogP contribution in [0.1, 0.15) is 28.1 Å². The number of ether oxygens (including phenoxy) is 1. The minimum Gasteiger partial charge on any atom is -0.378 e. The minimum atomic E-state index is -4.37. The van der Waals surface area contributed by atoms with Crippen LogP contribution in [-0.2, 0) is 17.3 Å². The molecule has 0 N–H and O–H groups in total. The van der Waals surface area contributed by atoms with Gasteiger partial charge in [-0.1, -0.05) is 12.1 Å². The number of nitrogens with zero attached hydrogens (tertiary/aromatic N) is 4. The van der Waals surface area contributed by atoms with E-state index in [9.17, 15) is 13.2 Å². The van der Waals surface area contributed by atoms with Crippen molar-refractivity contribution in [1.29, 1.82) is 0 Å². The largest absolute Gasteiger partial charge is 0.416 e. The Morgan fingerprint density at radius 2 is 1.90 bits per heavy atom. The van der Waals surface area contributed by atoms with Crippen molar-refractivity contribution >= 4 is 34.1 Å². The first-order valence-electron chi connectivity index (χ1n) is 9.29. The summed E-state index contributed by atoms with van der Waals surface area (Å²) >= 11 is 2.23. The number of hydrogen-bond acceptors (Lipinski definition) is 4. The molecule has 0 radical (unpaired) electrons.